The molecule has 0 saturated heterocycles. The van der Waals surface area contributed by atoms with E-state index in [0.29, 0.717) is 22.1 Å². The van der Waals surface area contributed by atoms with Crippen molar-refractivity contribution in [3.63, 3.8) is 0 Å². The first-order chi connectivity index (χ1) is 11.9. The monoisotopic (exact) mass is 383 g/mol. The van der Waals surface area contributed by atoms with Gasteiger partial charge in [-0.15, -0.1) is 0 Å². The lowest BCUT2D eigenvalue weighted by Crippen LogP contribution is -2.30. The molecular weight excluding hydrogens is 366 g/mol. The third kappa shape index (κ3) is 5.11. The topological polar surface area (TPSA) is 81.7 Å². The molecule has 2 aromatic carbocycles. The molecule has 0 aliphatic heterocycles. The van der Waals surface area contributed by atoms with E-state index >= 15 is 0 Å². The fourth-order valence-corrected chi connectivity index (χ4v) is 3.45. The Balaban J connectivity index is 2.04. The minimum atomic E-state index is -3.74. The van der Waals surface area contributed by atoms with E-state index < -0.39 is 21.5 Å². The summed E-state index contributed by atoms with van der Waals surface area (Å²) in [5.41, 5.74) is 0.680. The van der Waals surface area contributed by atoms with Crippen LogP contribution in [0.15, 0.2) is 47.4 Å². The zero-order valence-corrected chi connectivity index (χ0v) is 15.4. The van der Waals surface area contributed by atoms with Crippen LogP contribution in [0.3, 0.4) is 0 Å². The summed E-state index contributed by atoms with van der Waals surface area (Å²) in [6, 6.07) is 10.8. The lowest BCUT2D eigenvalue weighted by atomic mass is 10.2. The lowest BCUT2D eigenvalue weighted by molar-refractivity contribution is -0.118. The highest BCUT2D eigenvalue weighted by molar-refractivity contribution is 7.92. The average Bonchev–Trinajstić information content (AvgIpc) is 2.59. The number of amides is 1. The molecule has 2 aromatic rings. The number of rotatable bonds is 7. The number of ether oxygens (including phenoxy) is 2. The number of nitrogens with one attached hydrogen (secondary N) is 1. The van der Waals surface area contributed by atoms with Crippen molar-refractivity contribution in [1.82, 2.24) is 5.32 Å². The largest absolute Gasteiger partial charge is 0.497 e. The third-order valence-corrected chi connectivity index (χ3v) is 5.34. The number of sulfone groups is 1. The van der Waals surface area contributed by atoms with Crippen molar-refractivity contribution in [3.05, 3.63) is 53.1 Å². The molecule has 134 valence electrons. The van der Waals surface area contributed by atoms with E-state index in [2.05, 4.69) is 5.32 Å². The first-order valence-corrected chi connectivity index (χ1v) is 9.34. The molecule has 1 amide bonds. The molecule has 1 N–H and O–H groups in total. The number of carbonyl (C=O) groups is 1. The Morgan fingerprint density at radius 3 is 2.36 bits per heavy atom. The molecule has 25 heavy (non-hydrogen) atoms. The van der Waals surface area contributed by atoms with Gasteiger partial charge in [0.15, 0.2) is 9.84 Å². The van der Waals surface area contributed by atoms with Gasteiger partial charge in [0.2, 0.25) is 5.91 Å². The van der Waals surface area contributed by atoms with Crippen LogP contribution < -0.4 is 14.8 Å². The number of carbonyl (C=O) groups excluding carboxylic acids is 1. The van der Waals surface area contributed by atoms with Crippen molar-refractivity contribution >= 4 is 27.3 Å². The molecule has 0 unspecified atom stereocenters. The molecule has 2 rings (SSSR count). The van der Waals surface area contributed by atoms with E-state index in [1.54, 1.807) is 18.2 Å². The quantitative estimate of drug-likeness (QED) is 0.794. The van der Waals surface area contributed by atoms with Crippen LogP contribution in [-0.4, -0.2) is 34.3 Å². The van der Waals surface area contributed by atoms with Gasteiger partial charge in [0.1, 0.15) is 17.3 Å². The predicted octanol–water partition coefficient (Wildman–Crippen LogP) is 2.45. The minimum absolute atomic E-state index is 0.0472. The van der Waals surface area contributed by atoms with Crippen LogP contribution in [0.1, 0.15) is 5.56 Å². The fourth-order valence-electron chi connectivity index (χ4n) is 2.16. The molecule has 0 atom stereocenters. The van der Waals surface area contributed by atoms with Crippen LogP contribution in [0.4, 0.5) is 0 Å². The molecule has 8 heteroatoms. The van der Waals surface area contributed by atoms with Crippen molar-refractivity contribution in [2.24, 2.45) is 0 Å². The van der Waals surface area contributed by atoms with Gasteiger partial charge in [0.25, 0.3) is 0 Å². The second kappa shape index (κ2) is 8.22. The Morgan fingerprint density at radius 1 is 1.08 bits per heavy atom. The summed E-state index contributed by atoms with van der Waals surface area (Å²) >= 11 is 5.74. The van der Waals surface area contributed by atoms with E-state index in [4.69, 9.17) is 21.1 Å². The van der Waals surface area contributed by atoms with Gasteiger partial charge in [-0.25, -0.2) is 8.42 Å². The summed E-state index contributed by atoms with van der Waals surface area (Å²) in [7, 11) is -0.693. The van der Waals surface area contributed by atoms with Crippen molar-refractivity contribution in [3.8, 4) is 11.5 Å². The number of benzene rings is 2. The summed E-state index contributed by atoms with van der Waals surface area (Å²) in [6.07, 6.45) is 0. The average molecular weight is 384 g/mol. The number of halogens is 1. The van der Waals surface area contributed by atoms with Crippen LogP contribution in [0.5, 0.6) is 11.5 Å². The van der Waals surface area contributed by atoms with Crippen molar-refractivity contribution in [1.29, 1.82) is 0 Å². The summed E-state index contributed by atoms with van der Waals surface area (Å²) in [5, 5.41) is 3.01. The SMILES string of the molecule is COc1ccc(OC)c(CNC(=O)CS(=O)(=O)c2ccc(Cl)cc2)c1. The van der Waals surface area contributed by atoms with Crippen LogP contribution in [0.2, 0.25) is 5.02 Å². The summed E-state index contributed by atoms with van der Waals surface area (Å²) in [5.74, 6) is -0.0821. The van der Waals surface area contributed by atoms with Gasteiger partial charge in [0, 0.05) is 17.1 Å². The molecule has 0 radical (unpaired) electrons. The van der Waals surface area contributed by atoms with E-state index in [-0.39, 0.29) is 11.4 Å². The molecule has 6 nitrogen and oxygen atoms in total. The Bertz CT molecular complexity index is 850. The fraction of sp³-hybridized carbons (Fsp3) is 0.235. The maximum atomic E-state index is 12.2. The Morgan fingerprint density at radius 2 is 1.76 bits per heavy atom. The normalized spacial score (nSPS) is 11.0. The summed E-state index contributed by atoms with van der Waals surface area (Å²) < 4.78 is 34.8. The number of hydrogen-bond donors (Lipinski definition) is 1. The van der Waals surface area contributed by atoms with Gasteiger partial charge in [-0.2, -0.15) is 0 Å². The van der Waals surface area contributed by atoms with Gasteiger partial charge >= 0.3 is 0 Å². The molecular formula is C17H18ClNO5S. The number of hydrogen-bond acceptors (Lipinski definition) is 5. The standard InChI is InChI=1S/C17H18ClNO5S/c1-23-14-5-8-16(24-2)12(9-14)10-19-17(20)11-25(21,22)15-6-3-13(18)4-7-15/h3-9H,10-11H2,1-2H3,(H,19,20). The van der Waals surface area contributed by atoms with Crippen molar-refractivity contribution in [2.45, 2.75) is 11.4 Å². The second-order valence-corrected chi connectivity index (χ2v) is 7.59. The first-order valence-electron chi connectivity index (χ1n) is 7.31. The highest BCUT2D eigenvalue weighted by Crippen LogP contribution is 2.23. The third-order valence-electron chi connectivity index (χ3n) is 3.46. The number of methoxy groups -OCH3 is 2. The van der Waals surface area contributed by atoms with Crippen LogP contribution in [0, 0.1) is 0 Å². The van der Waals surface area contributed by atoms with E-state index in [1.165, 1.54) is 38.5 Å². The molecule has 0 bridgehead atoms. The molecule has 0 spiro atoms. The van der Waals surface area contributed by atoms with Crippen LogP contribution in [0.25, 0.3) is 0 Å². The minimum Gasteiger partial charge on any atom is -0.497 e. The molecule has 0 aliphatic carbocycles. The Hall–Kier alpha value is -2.25. The van der Waals surface area contributed by atoms with Crippen molar-refractivity contribution < 1.29 is 22.7 Å². The molecule has 0 aromatic heterocycles. The van der Waals surface area contributed by atoms with Gasteiger partial charge < -0.3 is 14.8 Å². The van der Waals surface area contributed by atoms with Crippen LogP contribution >= 0.6 is 11.6 Å². The van der Waals surface area contributed by atoms with E-state index in [0.717, 1.165) is 0 Å². The van der Waals surface area contributed by atoms with Crippen molar-refractivity contribution in [2.75, 3.05) is 20.0 Å². The maximum Gasteiger partial charge on any atom is 0.235 e. The van der Waals surface area contributed by atoms with Crippen LogP contribution in [-0.2, 0) is 21.2 Å². The molecule has 0 fully saturated rings. The highest BCUT2D eigenvalue weighted by atomic mass is 35.5. The lowest BCUT2D eigenvalue weighted by Gasteiger charge is -2.11. The predicted molar refractivity (Wildman–Crippen MR) is 94.9 cm³/mol. The van der Waals surface area contributed by atoms with Gasteiger partial charge in [-0.3, -0.25) is 4.79 Å². The van der Waals surface area contributed by atoms with E-state index in [9.17, 15) is 13.2 Å². The maximum absolute atomic E-state index is 12.2. The van der Waals surface area contributed by atoms with Gasteiger partial charge in [0.05, 0.1) is 19.1 Å². The summed E-state index contributed by atoms with van der Waals surface area (Å²) in [6.45, 7) is 0.120. The van der Waals surface area contributed by atoms with E-state index in [1.807, 2.05) is 0 Å². The Labute approximate surface area is 151 Å². The first kappa shape index (κ1) is 19.1. The zero-order chi connectivity index (χ0) is 18.4. The molecule has 0 aliphatic rings. The summed E-state index contributed by atoms with van der Waals surface area (Å²) in [4.78, 5) is 12.1. The molecule has 0 saturated carbocycles. The van der Waals surface area contributed by atoms with Gasteiger partial charge in [-0.1, -0.05) is 11.6 Å². The Kier molecular flexibility index (Phi) is 6.27. The second-order valence-electron chi connectivity index (χ2n) is 5.17. The zero-order valence-electron chi connectivity index (χ0n) is 13.8. The van der Waals surface area contributed by atoms with Gasteiger partial charge in [-0.05, 0) is 42.5 Å². The molecule has 0 heterocycles. The smallest absolute Gasteiger partial charge is 0.235 e. The highest BCUT2D eigenvalue weighted by Gasteiger charge is 2.19.